The van der Waals surface area contributed by atoms with Crippen LogP contribution in [0.15, 0.2) is 46.8 Å². The Bertz CT molecular complexity index is 994. The van der Waals surface area contributed by atoms with Crippen LogP contribution in [0.25, 0.3) is 11.3 Å². The minimum absolute atomic E-state index is 0.285. The molecule has 1 aliphatic rings. The molecule has 26 heavy (non-hydrogen) atoms. The van der Waals surface area contributed by atoms with Gasteiger partial charge < -0.3 is 5.32 Å². The predicted molar refractivity (Wildman–Crippen MR) is 99.2 cm³/mol. The molecule has 7 nitrogen and oxygen atoms in total. The van der Waals surface area contributed by atoms with Crippen molar-refractivity contribution < 1.29 is 4.79 Å². The Morgan fingerprint density at radius 3 is 2.92 bits per heavy atom. The predicted octanol–water partition coefficient (Wildman–Crippen LogP) is 2.84. The van der Waals surface area contributed by atoms with Crippen molar-refractivity contribution in [2.75, 3.05) is 5.32 Å². The number of aromatic nitrogens is 4. The Kier molecular flexibility index (Phi) is 4.34. The van der Waals surface area contributed by atoms with Gasteiger partial charge in [-0.2, -0.15) is 5.10 Å². The van der Waals surface area contributed by atoms with Crippen LogP contribution in [0.5, 0.6) is 0 Å². The van der Waals surface area contributed by atoms with Crippen molar-refractivity contribution in [2.24, 2.45) is 0 Å². The van der Waals surface area contributed by atoms with Crippen molar-refractivity contribution in [1.82, 2.24) is 19.7 Å². The van der Waals surface area contributed by atoms with Gasteiger partial charge in [0.05, 0.1) is 11.4 Å². The van der Waals surface area contributed by atoms with E-state index in [1.165, 1.54) is 22.1 Å². The Hall–Kier alpha value is -2.87. The number of amides is 1. The van der Waals surface area contributed by atoms with Crippen LogP contribution in [-0.4, -0.2) is 25.7 Å². The van der Waals surface area contributed by atoms with Crippen LogP contribution in [0.2, 0.25) is 0 Å². The number of rotatable bonds is 5. The topological polar surface area (TPSA) is 89.8 Å². The molecule has 0 aliphatic heterocycles. The highest BCUT2D eigenvalue weighted by Gasteiger charge is 2.27. The van der Waals surface area contributed by atoms with Crippen LogP contribution in [-0.2, 0) is 4.79 Å². The minimum Gasteiger partial charge on any atom is -0.300 e. The summed E-state index contributed by atoms with van der Waals surface area (Å²) < 4.78 is 1.25. The lowest BCUT2D eigenvalue weighted by atomic mass is 10.2. The van der Waals surface area contributed by atoms with Gasteiger partial charge in [-0.15, -0.1) is 11.3 Å². The molecule has 1 atom stereocenters. The van der Waals surface area contributed by atoms with Gasteiger partial charge in [-0.25, -0.2) is 9.67 Å². The van der Waals surface area contributed by atoms with Crippen molar-refractivity contribution in [3.05, 3.63) is 58.1 Å². The van der Waals surface area contributed by atoms with Gasteiger partial charge in [0.1, 0.15) is 6.04 Å². The Morgan fingerprint density at radius 2 is 2.19 bits per heavy atom. The quantitative estimate of drug-likeness (QED) is 0.749. The summed E-state index contributed by atoms with van der Waals surface area (Å²) in [5.41, 5.74) is 2.22. The smallest absolute Gasteiger partial charge is 0.267 e. The molecule has 3 aromatic heterocycles. The van der Waals surface area contributed by atoms with Crippen molar-refractivity contribution in [3.8, 4) is 11.3 Å². The Morgan fingerprint density at radius 1 is 1.35 bits per heavy atom. The maximum Gasteiger partial charge on any atom is 0.267 e. The van der Waals surface area contributed by atoms with Gasteiger partial charge >= 0.3 is 0 Å². The number of nitrogens with one attached hydrogen (secondary N) is 1. The molecule has 8 heteroatoms. The molecule has 3 aromatic rings. The van der Waals surface area contributed by atoms with Gasteiger partial charge in [0.15, 0.2) is 5.13 Å². The first-order valence-electron chi connectivity index (χ1n) is 8.38. The van der Waals surface area contributed by atoms with Gasteiger partial charge in [0.2, 0.25) is 0 Å². The molecule has 1 aliphatic carbocycles. The summed E-state index contributed by atoms with van der Waals surface area (Å²) >= 11 is 1.33. The number of anilines is 1. The normalized spacial score (nSPS) is 14.8. The number of thiazole rings is 1. The average molecular weight is 367 g/mol. The summed E-state index contributed by atoms with van der Waals surface area (Å²) in [5, 5.41) is 9.47. The van der Waals surface area contributed by atoms with E-state index in [0.29, 0.717) is 11.0 Å². The molecule has 3 heterocycles. The second-order valence-corrected chi connectivity index (χ2v) is 7.12. The summed E-state index contributed by atoms with van der Waals surface area (Å²) in [4.78, 5) is 33.1. The number of carbonyl (C=O) groups is 1. The van der Waals surface area contributed by atoms with Gasteiger partial charge in [0, 0.05) is 35.3 Å². The molecular formula is C18H17N5O2S. The van der Waals surface area contributed by atoms with E-state index in [1.807, 2.05) is 17.5 Å². The molecule has 1 saturated carbocycles. The summed E-state index contributed by atoms with van der Waals surface area (Å²) in [6, 6.07) is 6.26. The lowest BCUT2D eigenvalue weighted by molar-refractivity contribution is -0.119. The van der Waals surface area contributed by atoms with Crippen molar-refractivity contribution in [1.29, 1.82) is 0 Å². The highest BCUT2D eigenvalue weighted by molar-refractivity contribution is 7.14. The molecule has 1 N–H and O–H groups in total. The fraction of sp³-hybridized carbons (Fsp3) is 0.278. The molecule has 1 unspecified atom stereocenters. The highest BCUT2D eigenvalue weighted by atomic mass is 32.1. The first kappa shape index (κ1) is 16.6. The van der Waals surface area contributed by atoms with E-state index in [9.17, 15) is 9.59 Å². The molecule has 1 fully saturated rings. The summed E-state index contributed by atoms with van der Waals surface area (Å²) in [6.45, 7) is 1.66. The zero-order chi connectivity index (χ0) is 18.1. The van der Waals surface area contributed by atoms with Gasteiger partial charge in [0.25, 0.3) is 11.5 Å². The monoisotopic (exact) mass is 367 g/mol. The standard InChI is InChI=1S/C18H17N5O2S/c1-11(23-16(24)7-6-14(22-23)12-4-5-12)17(25)21-18-20-15(10-26-18)13-3-2-8-19-9-13/h2-3,6-12H,4-5H2,1H3,(H,20,21,25). The number of pyridine rings is 1. The summed E-state index contributed by atoms with van der Waals surface area (Å²) in [5.74, 6) is 0.0951. The number of hydrogen-bond donors (Lipinski definition) is 1. The lowest BCUT2D eigenvalue weighted by Gasteiger charge is -2.13. The molecular weight excluding hydrogens is 350 g/mol. The van der Waals surface area contributed by atoms with E-state index in [0.717, 1.165) is 29.8 Å². The van der Waals surface area contributed by atoms with Gasteiger partial charge in [-0.1, -0.05) is 0 Å². The van der Waals surface area contributed by atoms with Crippen LogP contribution < -0.4 is 10.9 Å². The van der Waals surface area contributed by atoms with Crippen LogP contribution >= 0.6 is 11.3 Å². The number of hydrogen-bond acceptors (Lipinski definition) is 6. The Labute approximate surface area is 153 Å². The molecule has 1 amide bonds. The third-order valence-corrected chi connectivity index (χ3v) is 5.04. The molecule has 132 valence electrons. The molecule has 0 bridgehead atoms. The van der Waals surface area contributed by atoms with Crippen molar-refractivity contribution in [2.45, 2.75) is 31.7 Å². The van der Waals surface area contributed by atoms with Crippen LogP contribution in [0.3, 0.4) is 0 Å². The molecule has 0 radical (unpaired) electrons. The zero-order valence-electron chi connectivity index (χ0n) is 14.1. The van der Waals surface area contributed by atoms with Crippen molar-refractivity contribution in [3.63, 3.8) is 0 Å². The van der Waals surface area contributed by atoms with E-state index in [1.54, 1.807) is 25.4 Å². The van der Waals surface area contributed by atoms with Gasteiger partial charge in [-0.3, -0.25) is 14.6 Å². The third-order valence-electron chi connectivity index (χ3n) is 4.28. The molecule has 4 rings (SSSR count). The number of carbonyl (C=O) groups excluding carboxylic acids is 1. The Balaban J connectivity index is 1.51. The second-order valence-electron chi connectivity index (χ2n) is 6.26. The fourth-order valence-electron chi connectivity index (χ4n) is 2.61. The van der Waals surface area contributed by atoms with E-state index in [-0.39, 0.29) is 11.5 Å². The molecule has 0 spiro atoms. The molecule has 0 saturated heterocycles. The minimum atomic E-state index is -0.716. The highest BCUT2D eigenvalue weighted by Crippen LogP contribution is 2.38. The SMILES string of the molecule is CC(C(=O)Nc1nc(-c2cccnc2)cs1)n1nc(C2CC2)ccc1=O. The summed E-state index contributed by atoms with van der Waals surface area (Å²) in [6.07, 6.45) is 5.58. The van der Waals surface area contributed by atoms with Crippen LogP contribution in [0, 0.1) is 0 Å². The average Bonchev–Trinajstić information content (AvgIpc) is 3.41. The number of nitrogens with zero attached hydrogens (tertiary/aromatic N) is 4. The first-order chi connectivity index (χ1) is 12.6. The molecule has 0 aromatic carbocycles. The summed E-state index contributed by atoms with van der Waals surface area (Å²) in [7, 11) is 0. The van der Waals surface area contributed by atoms with E-state index in [2.05, 4.69) is 20.4 Å². The largest absolute Gasteiger partial charge is 0.300 e. The third kappa shape index (κ3) is 3.41. The van der Waals surface area contributed by atoms with Crippen LogP contribution in [0.1, 0.15) is 37.4 Å². The zero-order valence-corrected chi connectivity index (χ0v) is 14.9. The fourth-order valence-corrected chi connectivity index (χ4v) is 3.34. The van der Waals surface area contributed by atoms with E-state index < -0.39 is 6.04 Å². The maximum atomic E-state index is 12.6. The first-order valence-corrected chi connectivity index (χ1v) is 9.26. The van der Waals surface area contributed by atoms with Crippen molar-refractivity contribution >= 4 is 22.4 Å². The second kappa shape index (κ2) is 6.80. The maximum absolute atomic E-state index is 12.6. The lowest BCUT2D eigenvalue weighted by Crippen LogP contribution is -2.33. The van der Waals surface area contributed by atoms with E-state index >= 15 is 0 Å². The van der Waals surface area contributed by atoms with Gasteiger partial charge in [-0.05, 0) is 38.0 Å². The van der Waals surface area contributed by atoms with E-state index in [4.69, 9.17) is 0 Å². The van der Waals surface area contributed by atoms with Crippen LogP contribution in [0.4, 0.5) is 5.13 Å².